The first kappa shape index (κ1) is 19.5. The molecule has 8 heteroatoms. The van der Waals surface area contributed by atoms with Crippen LogP contribution in [0.5, 0.6) is 0 Å². The predicted molar refractivity (Wildman–Crippen MR) is 95.4 cm³/mol. The number of hydrogen-bond acceptors (Lipinski definition) is 6. The van der Waals surface area contributed by atoms with Gasteiger partial charge in [-0.2, -0.15) is 0 Å². The molecule has 1 aromatic rings. The first-order chi connectivity index (χ1) is 11.9. The van der Waals surface area contributed by atoms with Crippen LogP contribution in [0.2, 0.25) is 0 Å². The fraction of sp³-hybridized carbons (Fsp3) is 0.647. The average molecular weight is 367 g/mol. The Hall–Kier alpha value is -1.83. The summed E-state index contributed by atoms with van der Waals surface area (Å²) in [5, 5.41) is 3.41. The van der Waals surface area contributed by atoms with Gasteiger partial charge in [0.05, 0.1) is 25.0 Å². The molecule has 1 heterocycles. The molecule has 1 saturated carbocycles. The maximum atomic E-state index is 12.2. The van der Waals surface area contributed by atoms with Crippen LogP contribution in [0.15, 0.2) is 16.0 Å². The van der Waals surface area contributed by atoms with Crippen molar-refractivity contribution in [2.24, 2.45) is 11.8 Å². The summed E-state index contributed by atoms with van der Waals surface area (Å²) in [6.07, 6.45) is 3.28. The Morgan fingerprint density at radius 2 is 2.16 bits per heavy atom. The van der Waals surface area contributed by atoms with Crippen molar-refractivity contribution in [2.45, 2.75) is 50.7 Å². The normalized spacial score (nSPS) is 23.1. The third-order valence-electron chi connectivity index (χ3n) is 4.72. The van der Waals surface area contributed by atoms with E-state index in [1.54, 1.807) is 0 Å². The van der Waals surface area contributed by atoms with E-state index in [0.29, 0.717) is 22.7 Å². The average Bonchev–Trinajstić information content (AvgIpc) is 2.56. The van der Waals surface area contributed by atoms with Gasteiger partial charge in [-0.3, -0.25) is 14.4 Å². The fourth-order valence-corrected chi connectivity index (χ4v) is 3.74. The molecule has 0 radical (unpaired) electrons. The molecule has 0 spiro atoms. The number of rotatable bonds is 6. The van der Waals surface area contributed by atoms with Gasteiger partial charge in [0.25, 0.3) is 5.56 Å². The molecule has 1 aromatic heterocycles. The summed E-state index contributed by atoms with van der Waals surface area (Å²) in [4.78, 5) is 41.9. The number of nitrogens with one attached hydrogen (secondary N) is 2. The van der Waals surface area contributed by atoms with Crippen molar-refractivity contribution < 1.29 is 14.3 Å². The van der Waals surface area contributed by atoms with Gasteiger partial charge in [0.15, 0.2) is 5.16 Å². The highest BCUT2D eigenvalue weighted by atomic mass is 32.2. The molecule has 25 heavy (non-hydrogen) atoms. The molecule has 2 N–H and O–H groups in total. The van der Waals surface area contributed by atoms with Gasteiger partial charge in [-0.05, 0) is 18.3 Å². The van der Waals surface area contributed by atoms with E-state index < -0.39 is 5.97 Å². The maximum absolute atomic E-state index is 12.2. The number of nitrogens with zero attached hydrogens (tertiary/aromatic N) is 1. The van der Waals surface area contributed by atoms with Crippen molar-refractivity contribution >= 4 is 23.6 Å². The largest absolute Gasteiger partial charge is 0.469 e. The second kappa shape index (κ2) is 9.03. The van der Waals surface area contributed by atoms with Crippen molar-refractivity contribution in [2.75, 3.05) is 12.9 Å². The Bertz CT molecular complexity index is 676. The lowest BCUT2D eigenvalue weighted by atomic mass is 9.78. The van der Waals surface area contributed by atoms with Gasteiger partial charge < -0.3 is 15.0 Å². The number of thioether (sulfide) groups is 1. The van der Waals surface area contributed by atoms with Gasteiger partial charge in [0.1, 0.15) is 0 Å². The van der Waals surface area contributed by atoms with E-state index >= 15 is 0 Å². The van der Waals surface area contributed by atoms with E-state index in [1.807, 2.05) is 0 Å². The second-order valence-corrected chi connectivity index (χ2v) is 7.49. The lowest BCUT2D eigenvalue weighted by Gasteiger charge is -2.34. The third-order valence-corrected chi connectivity index (χ3v) is 5.59. The summed E-state index contributed by atoms with van der Waals surface area (Å²) in [7, 11) is 1.28. The van der Waals surface area contributed by atoms with Gasteiger partial charge in [-0.1, -0.05) is 38.5 Å². The maximum Gasteiger partial charge on any atom is 0.311 e. The highest BCUT2D eigenvalue weighted by Gasteiger charge is 2.28. The standard InChI is InChI=1S/C17H25N3O4S/c1-10-5-4-6-13(11(10)2)19-15(22)9-25-17-18-12(7-14(21)20-17)8-16(23)24-3/h7,10-11,13H,4-6,8-9H2,1-3H3,(H,19,22)(H,18,20,21)/t10-,11+,13+/m1/s1. The summed E-state index contributed by atoms with van der Waals surface area (Å²) >= 11 is 1.15. The molecule has 1 aliphatic rings. The molecule has 2 rings (SSSR count). The number of hydrogen-bond donors (Lipinski definition) is 2. The fourth-order valence-electron chi connectivity index (χ4n) is 3.03. The summed E-state index contributed by atoms with van der Waals surface area (Å²) in [5.74, 6) is 0.704. The van der Waals surface area contributed by atoms with Crippen molar-refractivity contribution in [1.82, 2.24) is 15.3 Å². The summed E-state index contributed by atoms with van der Waals surface area (Å²) in [5.41, 5.74) is -0.0280. The molecule has 138 valence electrons. The lowest BCUT2D eigenvalue weighted by Crippen LogP contribution is -2.44. The van der Waals surface area contributed by atoms with E-state index in [9.17, 15) is 14.4 Å². The number of H-pyrrole nitrogens is 1. The number of aromatic nitrogens is 2. The lowest BCUT2D eigenvalue weighted by molar-refractivity contribution is -0.139. The van der Waals surface area contributed by atoms with Gasteiger partial charge in [-0.25, -0.2) is 4.98 Å². The Balaban J connectivity index is 1.91. The van der Waals surface area contributed by atoms with Crippen molar-refractivity contribution in [1.29, 1.82) is 0 Å². The van der Waals surface area contributed by atoms with Crippen molar-refractivity contribution in [3.63, 3.8) is 0 Å². The first-order valence-corrected chi connectivity index (χ1v) is 9.46. The van der Waals surface area contributed by atoms with Crippen molar-refractivity contribution in [3.05, 3.63) is 22.1 Å². The molecule has 0 saturated heterocycles. The number of esters is 1. The minimum Gasteiger partial charge on any atom is -0.469 e. The molecule has 1 fully saturated rings. The summed E-state index contributed by atoms with van der Waals surface area (Å²) < 4.78 is 4.57. The molecule has 1 amide bonds. The van der Waals surface area contributed by atoms with Crippen LogP contribution in [-0.4, -0.2) is 40.7 Å². The minimum atomic E-state index is -0.466. The zero-order chi connectivity index (χ0) is 18.4. The molecule has 0 unspecified atom stereocenters. The molecule has 3 atom stereocenters. The van der Waals surface area contributed by atoms with Crippen LogP contribution < -0.4 is 10.9 Å². The zero-order valence-electron chi connectivity index (χ0n) is 14.8. The smallest absolute Gasteiger partial charge is 0.311 e. The van der Waals surface area contributed by atoms with Crippen LogP contribution in [-0.2, 0) is 20.7 Å². The summed E-state index contributed by atoms with van der Waals surface area (Å²) in [6, 6.07) is 1.46. The number of aromatic amines is 1. The molecule has 7 nitrogen and oxygen atoms in total. The van der Waals surface area contributed by atoms with Gasteiger partial charge >= 0.3 is 5.97 Å². The Kier molecular flexibility index (Phi) is 7.04. The number of carbonyl (C=O) groups is 2. The predicted octanol–water partition coefficient (Wildman–Crippen LogP) is 1.52. The monoisotopic (exact) mass is 367 g/mol. The Morgan fingerprint density at radius 1 is 1.40 bits per heavy atom. The van der Waals surface area contributed by atoms with Crippen LogP contribution in [0.1, 0.15) is 38.8 Å². The van der Waals surface area contributed by atoms with Gasteiger partial charge in [0.2, 0.25) is 5.91 Å². The second-order valence-electron chi connectivity index (χ2n) is 6.52. The Morgan fingerprint density at radius 3 is 2.88 bits per heavy atom. The van der Waals surface area contributed by atoms with Crippen LogP contribution in [0.3, 0.4) is 0 Å². The zero-order valence-corrected chi connectivity index (χ0v) is 15.6. The van der Waals surface area contributed by atoms with Crippen LogP contribution >= 0.6 is 11.8 Å². The van der Waals surface area contributed by atoms with Gasteiger partial charge in [-0.15, -0.1) is 0 Å². The van der Waals surface area contributed by atoms with Gasteiger partial charge in [0, 0.05) is 12.1 Å². The van der Waals surface area contributed by atoms with Crippen LogP contribution in [0.25, 0.3) is 0 Å². The number of methoxy groups -OCH3 is 1. The highest BCUT2D eigenvalue weighted by Crippen LogP contribution is 2.29. The highest BCUT2D eigenvalue weighted by molar-refractivity contribution is 7.99. The summed E-state index contributed by atoms with van der Waals surface area (Å²) in [6.45, 7) is 4.40. The SMILES string of the molecule is COC(=O)Cc1cc(=O)[nH]c(SCC(=O)N[C@H]2CCC[C@@H](C)[C@@H]2C)n1. The van der Waals surface area contributed by atoms with Crippen LogP contribution in [0.4, 0.5) is 0 Å². The van der Waals surface area contributed by atoms with Crippen LogP contribution in [0, 0.1) is 11.8 Å². The Labute approximate surface area is 151 Å². The van der Waals surface area contributed by atoms with E-state index in [2.05, 4.69) is 33.9 Å². The molecule has 1 aliphatic carbocycles. The van der Waals surface area contributed by atoms with E-state index in [0.717, 1.165) is 24.6 Å². The third kappa shape index (κ3) is 5.88. The number of amides is 1. The number of ether oxygens (including phenoxy) is 1. The quantitative estimate of drug-likeness (QED) is 0.449. The van der Waals surface area contributed by atoms with E-state index in [4.69, 9.17) is 0 Å². The molecule has 0 aromatic carbocycles. The molecule has 0 bridgehead atoms. The molecule has 0 aliphatic heterocycles. The molecular weight excluding hydrogens is 342 g/mol. The first-order valence-electron chi connectivity index (χ1n) is 8.48. The van der Waals surface area contributed by atoms with Crippen molar-refractivity contribution in [3.8, 4) is 0 Å². The minimum absolute atomic E-state index is 0.0718. The molecular formula is C17H25N3O4S. The van der Waals surface area contributed by atoms with E-state index in [-0.39, 0.29) is 29.7 Å². The number of carbonyl (C=O) groups excluding carboxylic acids is 2. The van der Waals surface area contributed by atoms with E-state index in [1.165, 1.54) is 19.6 Å². The topological polar surface area (TPSA) is 101 Å².